The van der Waals surface area contributed by atoms with Gasteiger partial charge in [0.15, 0.2) is 0 Å². The first-order chi connectivity index (χ1) is 8.30. The van der Waals surface area contributed by atoms with E-state index >= 15 is 0 Å². The Labute approximate surface area is 99.9 Å². The number of methoxy groups -OCH3 is 1. The summed E-state index contributed by atoms with van der Waals surface area (Å²) in [6.07, 6.45) is 3.40. The summed E-state index contributed by atoms with van der Waals surface area (Å²) in [6, 6.07) is 5.80. The lowest BCUT2D eigenvalue weighted by atomic mass is 10.0. The molecule has 0 aliphatic rings. The molecule has 0 saturated carbocycles. The standard InChI is InChI=1S/C13H13N3O/c1-3-4-10-9(7-14)8-15-11-5-6-12(17-2)16-13(10)11/h5-6,8H,3-4H2,1-2H3. The predicted molar refractivity (Wildman–Crippen MR) is 64.8 cm³/mol. The van der Waals surface area contributed by atoms with Crippen molar-refractivity contribution < 1.29 is 4.74 Å². The van der Waals surface area contributed by atoms with Crippen molar-refractivity contribution >= 4 is 11.0 Å². The second-order valence-electron chi connectivity index (χ2n) is 3.73. The minimum Gasteiger partial charge on any atom is -0.481 e. The van der Waals surface area contributed by atoms with E-state index in [1.807, 2.05) is 6.07 Å². The van der Waals surface area contributed by atoms with Crippen LogP contribution in [0.2, 0.25) is 0 Å². The number of pyridine rings is 2. The molecule has 0 N–H and O–H groups in total. The molecule has 0 aromatic carbocycles. The number of aromatic nitrogens is 2. The van der Waals surface area contributed by atoms with Gasteiger partial charge in [-0.1, -0.05) is 13.3 Å². The number of ether oxygens (including phenoxy) is 1. The smallest absolute Gasteiger partial charge is 0.213 e. The van der Waals surface area contributed by atoms with Gasteiger partial charge in [0, 0.05) is 12.3 Å². The Morgan fingerprint density at radius 2 is 2.24 bits per heavy atom. The van der Waals surface area contributed by atoms with E-state index < -0.39 is 0 Å². The summed E-state index contributed by atoms with van der Waals surface area (Å²) in [5.41, 5.74) is 3.12. The molecule has 0 amide bonds. The van der Waals surface area contributed by atoms with E-state index in [4.69, 9.17) is 10.00 Å². The van der Waals surface area contributed by atoms with Crippen LogP contribution in [0, 0.1) is 11.3 Å². The third-order valence-electron chi connectivity index (χ3n) is 2.62. The van der Waals surface area contributed by atoms with Crippen LogP contribution < -0.4 is 4.74 Å². The molecule has 0 atom stereocenters. The van der Waals surface area contributed by atoms with Gasteiger partial charge in [-0.3, -0.25) is 4.98 Å². The Bertz CT molecular complexity index is 587. The number of aryl methyl sites for hydroxylation is 1. The normalized spacial score (nSPS) is 10.2. The lowest BCUT2D eigenvalue weighted by molar-refractivity contribution is 0.399. The Morgan fingerprint density at radius 1 is 1.41 bits per heavy atom. The van der Waals surface area contributed by atoms with Crippen molar-refractivity contribution in [2.75, 3.05) is 7.11 Å². The molecule has 4 heteroatoms. The molecule has 0 fully saturated rings. The van der Waals surface area contributed by atoms with Crippen LogP contribution in [0.25, 0.3) is 11.0 Å². The Kier molecular flexibility index (Phi) is 3.20. The van der Waals surface area contributed by atoms with Crippen LogP contribution in [0.15, 0.2) is 18.3 Å². The van der Waals surface area contributed by atoms with Crippen LogP contribution in [0.3, 0.4) is 0 Å². The van der Waals surface area contributed by atoms with Crippen LogP contribution >= 0.6 is 0 Å². The molecule has 0 spiro atoms. The van der Waals surface area contributed by atoms with E-state index in [-0.39, 0.29) is 0 Å². The minimum atomic E-state index is 0.548. The molecule has 0 radical (unpaired) electrons. The van der Waals surface area contributed by atoms with E-state index in [1.54, 1.807) is 19.4 Å². The summed E-state index contributed by atoms with van der Waals surface area (Å²) in [5, 5.41) is 9.08. The summed E-state index contributed by atoms with van der Waals surface area (Å²) >= 11 is 0. The summed E-state index contributed by atoms with van der Waals surface area (Å²) in [7, 11) is 1.58. The fourth-order valence-electron chi connectivity index (χ4n) is 1.81. The highest BCUT2D eigenvalue weighted by molar-refractivity contribution is 5.80. The zero-order valence-electron chi connectivity index (χ0n) is 9.90. The second-order valence-corrected chi connectivity index (χ2v) is 3.73. The molecule has 0 saturated heterocycles. The number of nitriles is 1. The first-order valence-corrected chi connectivity index (χ1v) is 5.53. The van der Waals surface area contributed by atoms with Crippen molar-refractivity contribution in [3.05, 3.63) is 29.5 Å². The quantitative estimate of drug-likeness (QED) is 0.808. The summed E-state index contributed by atoms with van der Waals surface area (Å²) < 4.78 is 5.11. The largest absolute Gasteiger partial charge is 0.481 e. The van der Waals surface area contributed by atoms with Gasteiger partial charge >= 0.3 is 0 Å². The van der Waals surface area contributed by atoms with Crippen molar-refractivity contribution in [1.82, 2.24) is 9.97 Å². The van der Waals surface area contributed by atoms with Crippen molar-refractivity contribution in [1.29, 1.82) is 5.26 Å². The summed E-state index contributed by atoms with van der Waals surface area (Å²) in [5.74, 6) is 0.548. The van der Waals surface area contributed by atoms with Gasteiger partial charge in [-0.25, -0.2) is 4.98 Å². The lowest BCUT2D eigenvalue weighted by Gasteiger charge is -2.07. The Morgan fingerprint density at radius 3 is 2.88 bits per heavy atom. The van der Waals surface area contributed by atoms with Crippen molar-refractivity contribution in [3.63, 3.8) is 0 Å². The maximum atomic E-state index is 9.08. The molecule has 0 aliphatic heterocycles. The van der Waals surface area contributed by atoms with E-state index in [1.165, 1.54) is 0 Å². The van der Waals surface area contributed by atoms with Gasteiger partial charge < -0.3 is 4.74 Å². The fraction of sp³-hybridized carbons (Fsp3) is 0.308. The Hall–Kier alpha value is -2.15. The first-order valence-electron chi connectivity index (χ1n) is 5.53. The molecule has 2 aromatic rings. The average Bonchev–Trinajstić information content (AvgIpc) is 2.39. The third kappa shape index (κ3) is 2.04. The van der Waals surface area contributed by atoms with Gasteiger partial charge in [0.1, 0.15) is 6.07 Å². The number of hydrogen-bond acceptors (Lipinski definition) is 4. The van der Waals surface area contributed by atoms with Gasteiger partial charge in [-0.2, -0.15) is 5.26 Å². The van der Waals surface area contributed by atoms with E-state index in [2.05, 4.69) is 23.0 Å². The molecule has 0 aliphatic carbocycles. The highest BCUT2D eigenvalue weighted by Gasteiger charge is 2.10. The molecule has 2 heterocycles. The molecule has 17 heavy (non-hydrogen) atoms. The van der Waals surface area contributed by atoms with Gasteiger partial charge in [-0.15, -0.1) is 0 Å². The average molecular weight is 227 g/mol. The summed E-state index contributed by atoms with van der Waals surface area (Å²) in [4.78, 5) is 8.61. The predicted octanol–water partition coefficient (Wildman–Crippen LogP) is 2.46. The molecular formula is C13H13N3O. The van der Waals surface area contributed by atoms with Crippen molar-refractivity contribution in [2.24, 2.45) is 0 Å². The fourth-order valence-corrected chi connectivity index (χ4v) is 1.81. The van der Waals surface area contributed by atoms with Gasteiger partial charge in [0.05, 0.1) is 23.7 Å². The summed E-state index contributed by atoms with van der Waals surface area (Å²) in [6.45, 7) is 2.08. The zero-order valence-corrected chi connectivity index (χ0v) is 9.90. The molecule has 4 nitrogen and oxygen atoms in total. The topological polar surface area (TPSA) is 58.8 Å². The van der Waals surface area contributed by atoms with Gasteiger partial charge in [-0.05, 0) is 18.1 Å². The Balaban J connectivity index is 2.73. The van der Waals surface area contributed by atoms with Crippen LogP contribution in [0.1, 0.15) is 24.5 Å². The van der Waals surface area contributed by atoms with Crippen LogP contribution in [-0.4, -0.2) is 17.1 Å². The maximum Gasteiger partial charge on any atom is 0.213 e. The monoisotopic (exact) mass is 227 g/mol. The molecular weight excluding hydrogens is 214 g/mol. The van der Waals surface area contributed by atoms with Crippen molar-refractivity contribution in [3.8, 4) is 11.9 Å². The zero-order chi connectivity index (χ0) is 12.3. The maximum absolute atomic E-state index is 9.08. The molecule has 0 bridgehead atoms. The van der Waals surface area contributed by atoms with Crippen LogP contribution in [0.4, 0.5) is 0 Å². The molecule has 2 aromatic heterocycles. The number of rotatable bonds is 3. The SMILES string of the molecule is CCCc1c(C#N)cnc2ccc(OC)nc12. The van der Waals surface area contributed by atoms with E-state index in [0.29, 0.717) is 11.4 Å². The lowest BCUT2D eigenvalue weighted by Crippen LogP contribution is -1.97. The number of hydrogen-bond donors (Lipinski definition) is 0. The molecule has 86 valence electrons. The highest BCUT2D eigenvalue weighted by atomic mass is 16.5. The highest BCUT2D eigenvalue weighted by Crippen LogP contribution is 2.22. The molecule has 0 unspecified atom stereocenters. The second kappa shape index (κ2) is 4.79. The van der Waals surface area contributed by atoms with Gasteiger partial charge in [0.25, 0.3) is 0 Å². The number of fused-ring (bicyclic) bond motifs is 1. The first kappa shape index (κ1) is 11.3. The van der Waals surface area contributed by atoms with E-state index in [0.717, 1.165) is 29.4 Å². The van der Waals surface area contributed by atoms with Gasteiger partial charge in [0.2, 0.25) is 5.88 Å². The molecule has 2 rings (SSSR count). The van der Waals surface area contributed by atoms with E-state index in [9.17, 15) is 0 Å². The van der Waals surface area contributed by atoms with Crippen molar-refractivity contribution in [2.45, 2.75) is 19.8 Å². The number of nitrogens with zero attached hydrogens (tertiary/aromatic N) is 3. The minimum absolute atomic E-state index is 0.548. The van der Waals surface area contributed by atoms with Crippen LogP contribution in [-0.2, 0) is 6.42 Å². The third-order valence-corrected chi connectivity index (χ3v) is 2.62. The van der Waals surface area contributed by atoms with Crippen LogP contribution in [0.5, 0.6) is 5.88 Å².